The second kappa shape index (κ2) is 6.86. The molecule has 6 atom stereocenters. The minimum absolute atomic E-state index is 0.128. The van der Waals surface area contributed by atoms with Crippen molar-refractivity contribution in [3.63, 3.8) is 0 Å². The largest absolute Gasteiger partial charge is 0.290 e. The van der Waals surface area contributed by atoms with Crippen molar-refractivity contribution < 1.29 is 18.8 Å². The smallest absolute Gasteiger partial charge is 0.260 e. The van der Waals surface area contributed by atoms with Gasteiger partial charge in [-0.3, -0.25) is 24.2 Å². The molecule has 6 unspecified atom stereocenters. The molecule has 0 radical (unpaired) electrons. The van der Waals surface area contributed by atoms with Gasteiger partial charge in [-0.15, -0.1) is 0 Å². The normalized spacial score (nSPS) is 31.5. The summed E-state index contributed by atoms with van der Waals surface area (Å²) >= 11 is 0. The van der Waals surface area contributed by atoms with Gasteiger partial charge in [0.2, 0.25) is 11.8 Å². The number of anilines is 1. The average molecular weight is 430 g/mol. The van der Waals surface area contributed by atoms with Gasteiger partial charge >= 0.3 is 0 Å². The zero-order valence-corrected chi connectivity index (χ0v) is 17.6. The predicted molar refractivity (Wildman–Crippen MR) is 116 cm³/mol. The molecule has 0 N–H and O–H groups in total. The third kappa shape index (κ3) is 2.71. The van der Waals surface area contributed by atoms with Crippen molar-refractivity contribution >= 4 is 23.4 Å². The van der Waals surface area contributed by atoms with Crippen LogP contribution in [0.25, 0.3) is 0 Å². The van der Waals surface area contributed by atoms with E-state index in [0.717, 1.165) is 12.0 Å². The van der Waals surface area contributed by atoms with Crippen LogP contribution in [0, 0.1) is 48.2 Å². The van der Waals surface area contributed by atoms with E-state index in [-0.39, 0.29) is 48.1 Å². The molecule has 32 heavy (non-hydrogen) atoms. The van der Waals surface area contributed by atoms with Crippen molar-refractivity contribution in [2.75, 3.05) is 11.6 Å². The number of allylic oxidation sites excluding steroid dienone is 2. The van der Waals surface area contributed by atoms with E-state index >= 15 is 0 Å². The van der Waals surface area contributed by atoms with Crippen LogP contribution < -0.4 is 4.90 Å². The highest BCUT2D eigenvalue weighted by Crippen LogP contribution is 2.65. The Morgan fingerprint density at radius 1 is 0.969 bits per heavy atom. The van der Waals surface area contributed by atoms with Crippen LogP contribution in [0.1, 0.15) is 22.3 Å². The standard InChI is InChI=1S/C26H23FN2O3/c1-14-4-2-3-5-17(14)24(30)28(16-8-6-15(27)7-9-16)13-29-25(31)22-18-10-11-19(21-12-20(18)21)23(22)26(29)32/h2-11,18-23H,12-13H2,1H3. The third-order valence-corrected chi connectivity index (χ3v) is 7.80. The minimum Gasteiger partial charge on any atom is -0.290 e. The number of hydrogen-bond donors (Lipinski definition) is 0. The van der Waals surface area contributed by atoms with E-state index < -0.39 is 5.82 Å². The molecule has 1 saturated heterocycles. The summed E-state index contributed by atoms with van der Waals surface area (Å²) in [6.07, 6.45) is 5.36. The third-order valence-electron chi connectivity index (χ3n) is 7.80. The first-order valence-electron chi connectivity index (χ1n) is 11.1. The molecule has 2 bridgehead atoms. The van der Waals surface area contributed by atoms with Gasteiger partial charge in [0.15, 0.2) is 0 Å². The molecule has 5 nitrogen and oxygen atoms in total. The van der Waals surface area contributed by atoms with E-state index in [1.54, 1.807) is 12.1 Å². The van der Waals surface area contributed by atoms with E-state index in [4.69, 9.17) is 0 Å². The van der Waals surface area contributed by atoms with Gasteiger partial charge in [-0.1, -0.05) is 30.4 Å². The van der Waals surface area contributed by atoms with Gasteiger partial charge in [-0.2, -0.15) is 0 Å². The number of halogens is 1. The molecule has 1 heterocycles. The molecule has 1 aliphatic heterocycles. The minimum atomic E-state index is -0.418. The van der Waals surface area contributed by atoms with Gasteiger partial charge < -0.3 is 0 Å². The molecule has 2 aromatic carbocycles. The molecule has 0 spiro atoms. The van der Waals surface area contributed by atoms with Crippen LogP contribution in [-0.4, -0.2) is 29.3 Å². The second-order valence-corrected chi connectivity index (χ2v) is 9.43. The maximum Gasteiger partial charge on any atom is 0.260 e. The Bertz CT molecular complexity index is 1140. The van der Waals surface area contributed by atoms with E-state index in [1.807, 2.05) is 19.1 Å². The first kappa shape index (κ1) is 19.4. The Kier molecular flexibility index (Phi) is 4.16. The molecule has 7 rings (SSSR count). The van der Waals surface area contributed by atoms with Crippen LogP contribution in [-0.2, 0) is 9.59 Å². The zero-order chi connectivity index (χ0) is 22.1. The number of hydrogen-bond acceptors (Lipinski definition) is 3. The number of amides is 3. The maximum atomic E-state index is 13.6. The number of rotatable bonds is 4. The fourth-order valence-electron chi connectivity index (χ4n) is 6.14. The lowest BCUT2D eigenvalue weighted by atomic mass is 9.63. The van der Waals surface area contributed by atoms with Crippen molar-refractivity contribution in [3.05, 3.63) is 77.6 Å². The number of likely N-dealkylation sites (tertiary alicyclic amines) is 1. The Balaban J connectivity index is 1.35. The summed E-state index contributed by atoms with van der Waals surface area (Å²) in [5, 5.41) is 0. The summed E-state index contributed by atoms with van der Waals surface area (Å²) in [5.74, 6) is -0.453. The van der Waals surface area contributed by atoms with Crippen molar-refractivity contribution in [2.45, 2.75) is 13.3 Å². The molecule has 162 valence electrons. The highest BCUT2D eigenvalue weighted by molar-refractivity contribution is 6.10. The Morgan fingerprint density at radius 2 is 1.56 bits per heavy atom. The van der Waals surface area contributed by atoms with Gasteiger partial charge in [-0.05, 0) is 72.9 Å². The monoisotopic (exact) mass is 430 g/mol. The van der Waals surface area contributed by atoms with Crippen LogP contribution in [0.3, 0.4) is 0 Å². The van der Waals surface area contributed by atoms with Crippen molar-refractivity contribution in [1.82, 2.24) is 4.90 Å². The number of carbonyl (C=O) groups excluding carboxylic acids is 3. The predicted octanol–water partition coefficient (Wildman–Crippen LogP) is 3.79. The van der Waals surface area contributed by atoms with Gasteiger partial charge in [0, 0.05) is 11.3 Å². The van der Waals surface area contributed by atoms with Gasteiger partial charge in [0.05, 0.1) is 11.8 Å². The lowest BCUT2D eigenvalue weighted by Gasteiger charge is -2.37. The second-order valence-electron chi connectivity index (χ2n) is 9.43. The summed E-state index contributed by atoms with van der Waals surface area (Å²) in [6.45, 7) is 1.67. The number of imide groups is 1. The van der Waals surface area contributed by atoms with Gasteiger partial charge in [0.1, 0.15) is 12.5 Å². The topological polar surface area (TPSA) is 57.7 Å². The molecular formula is C26H23FN2O3. The summed E-state index contributed by atoms with van der Waals surface area (Å²) in [7, 11) is 0. The summed E-state index contributed by atoms with van der Waals surface area (Å²) in [5.41, 5.74) is 1.72. The molecule has 4 aliphatic carbocycles. The van der Waals surface area contributed by atoms with Crippen molar-refractivity contribution in [2.24, 2.45) is 35.5 Å². The molecular weight excluding hydrogens is 407 g/mol. The van der Waals surface area contributed by atoms with Crippen LogP contribution in [0.2, 0.25) is 0 Å². The Labute approximate surface area is 185 Å². The molecule has 3 amide bonds. The van der Waals surface area contributed by atoms with Crippen LogP contribution >= 0.6 is 0 Å². The number of nitrogens with zero attached hydrogens (tertiary/aromatic N) is 2. The van der Waals surface area contributed by atoms with Crippen molar-refractivity contribution in [3.8, 4) is 0 Å². The molecule has 3 fully saturated rings. The first-order chi connectivity index (χ1) is 15.5. The maximum absolute atomic E-state index is 13.6. The van der Waals surface area contributed by atoms with Crippen LogP contribution in [0.5, 0.6) is 0 Å². The van der Waals surface area contributed by atoms with Gasteiger partial charge in [0.25, 0.3) is 5.91 Å². The number of carbonyl (C=O) groups is 3. The molecule has 5 aliphatic rings. The SMILES string of the molecule is Cc1ccccc1C(=O)N(CN1C(=O)C2C3C=CC(C4CC34)C2C1=O)c1ccc(F)cc1. The lowest BCUT2D eigenvalue weighted by molar-refractivity contribution is -0.140. The quantitative estimate of drug-likeness (QED) is 0.548. The summed E-state index contributed by atoms with van der Waals surface area (Å²) < 4.78 is 13.6. The first-order valence-corrected chi connectivity index (χ1v) is 11.1. The zero-order valence-electron chi connectivity index (χ0n) is 17.6. The van der Waals surface area contributed by atoms with Gasteiger partial charge in [-0.25, -0.2) is 4.39 Å². The van der Waals surface area contributed by atoms with E-state index in [1.165, 1.54) is 34.1 Å². The number of aryl methyl sites for hydroxylation is 1. The fraction of sp³-hybridized carbons (Fsp3) is 0.346. The Morgan fingerprint density at radius 3 is 2.16 bits per heavy atom. The highest BCUT2D eigenvalue weighted by atomic mass is 19.1. The lowest BCUT2D eigenvalue weighted by Crippen LogP contribution is -2.45. The fourth-order valence-corrected chi connectivity index (χ4v) is 6.14. The van der Waals surface area contributed by atoms with E-state index in [2.05, 4.69) is 12.2 Å². The van der Waals surface area contributed by atoms with Crippen LogP contribution in [0.4, 0.5) is 10.1 Å². The molecule has 2 aromatic rings. The summed E-state index contributed by atoms with van der Waals surface area (Å²) in [4.78, 5) is 43.1. The highest BCUT2D eigenvalue weighted by Gasteiger charge is 2.67. The molecule has 0 aromatic heterocycles. The van der Waals surface area contributed by atoms with E-state index in [9.17, 15) is 18.8 Å². The molecule has 2 saturated carbocycles. The summed E-state index contributed by atoms with van der Waals surface area (Å²) in [6, 6.07) is 12.7. The number of benzene rings is 2. The van der Waals surface area contributed by atoms with E-state index in [0.29, 0.717) is 23.1 Å². The molecule has 6 heteroatoms. The average Bonchev–Trinajstić information content (AvgIpc) is 3.58. The van der Waals surface area contributed by atoms with Crippen LogP contribution in [0.15, 0.2) is 60.7 Å². The Hall–Kier alpha value is -3.28. The van der Waals surface area contributed by atoms with Crippen molar-refractivity contribution in [1.29, 1.82) is 0 Å².